The maximum atomic E-state index is 14.2. The molecule has 3 aromatic rings. The summed E-state index contributed by atoms with van der Waals surface area (Å²) in [6, 6.07) is 4.61. The van der Waals surface area contributed by atoms with Crippen molar-refractivity contribution >= 4 is 33.1 Å². The summed E-state index contributed by atoms with van der Waals surface area (Å²) in [5.41, 5.74) is 0.622. The Morgan fingerprint density at radius 1 is 1.05 bits per heavy atom. The Labute approximate surface area is 212 Å². The quantitative estimate of drug-likeness (QED) is 0.434. The maximum Gasteiger partial charge on any atom is 0.296 e. The standard InChI is InChI=1S/C21H27F2N9O4S/c1-29(2)37(33,34)28-13-11-31(12-13)20-25-19(30-7-9-36-10-8-30)26-21(27-20)32-14-5-4-6-15(35-3)16(14)24-18(32)17(22)23/h4-6,13,17,28H,7-12H2,1-3H3. The first kappa shape index (κ1) is 25.4. The number of fused-ring (bicyclic) bond motifs is 1. The van der Waals surface area contributed by atoms with E-state index in [9.17, 15) is 17.2 Å². The molecule has 1 aromatic carbocycles. The van der Waals surface area contributed by atoms with Crippen LogP contribution in [0, 0.1) is 0 Å². The van der Waals surface area contributed by atoms with Gasteiger partial charge in [-0.3, -0.25) is 4.57 Å². The van der Waals surface area contributed by atoms with Crippen molar-refractivity contribution in [3.8, 4) is 11.7 Å². The van der Waals surface area contributed by atoms with Crippen LogP contribution in [0.5, 0.6) is 5.75 Å². The fourth-order valence-corrected chi connectivity index (χ4v) is 4.92. The molecule has 1 N–H and O–H groups in total. The number of methoxy groups -OCH3 is 1. The highest BCUT2D eigenvalue weighted by Gasteiger charge is 2.34. The van der Waals surface area contributed by atoms with Crippen LogP contribution in [0.25, 0.3) is 17.0 Å². The van der Waals surface area contributed by atoms with Crippen molar-refractivity contribution in [2.45, 2.75) is 12.5 Å². The first-order chi connectivity index (χ1) is 17.7. The number of benzene rings is 1. The maximum absolute atomic E-state index is 14.2. The van der Waals surface area contributed by atoms with Gasteiger partial charge in [0.15, 0.2) is 5.82 Å². The largest absolute Gasteiger partial charge is 0.494 e. The number of aromatic nitrogens is 5. The van der Waals surface area contributed by atoms with Gasteiger partial charge >= 0.3 is 0 Å². The van der Waals surface area contributed by atoms with Crippen LogP contribution in [0.4, 0.5) is 20.7 Å². The van der Waals surface area contributed by atoms with Gasteiger partial charge in [-0.2, -0.15) is 32.4 Å². The van der Waals surface area contributed by atoms with Gasteiger partial charge in [0, 0.05) is 40.3 Å². The van der Waals surface area contributed by atoms with E-state index in [1.165, 1.54) is 25.8 Å². The molecule has 0 aliphatic carbocycles. The van der Waals surface area contributed by atoms with Gasteiger partial charge in [-0.1, -0.05) is 6.07 Å². The minimum absolute atomic E-state index is 0.0186. The molecule has 2 aliphatic heterocycles. The number of imidazole rings is 1. The Morgan fingerprint density at radius 2 is 1.70 bits per heavy atom. The molecule has 0 radical (unpaired) electrons. The van der Waals surface area contributed by atoms with Crippen molar-refractivity contribution in [2.24, 2.45) is 0 Å². The number of rotatable bonds is 8. The van der Waals surface area contributed by atoms with E-state index < -0.39 is 22.5 Å². The molecule has 0 spiro atoms. The lowest BCUT2D eigenvalue weighted by Crippen LogP contribution is -2.61. The lowest BCUT2D eigenvalue weighted by molar-refractivity contribution is 0.122. The van der Waals surface area contributed by atoms with Crippen LogP contribution in [0.1, 0.15) is 12.2 Å². The lowest BCUT2D eigenvalue weighted by atomic mass is 10.1. The minimum atomic E-state index is -3.61. The summed E-state index contributed by atoms with van der Waals surface area (Å²) in [5.74, 6) is 0.363. The van der Waals surface area contributed by atoms with Gasteiger partial charge in [0.25, 0.3) is 16.6 Å². The first-order valence-corrected chi connectivity index (χ1v) is 13.0. The van der Waals surface area contributed by atoms with Crippen molar-refractivity contribution < 1.29 is 26.7 Å². The number of para-hydroxylation sites is 1. The predicted octanol–water partition coefficient (Wildman–Crippen LogP) is 0.578. The summed E-state index contributed by atoms with van der Waals surface area (Å²) in [6.45, 7) is 2.60. The molecule has 2 saturated heterocycles. The van der Waals surface area contributed by atoms with E-state index in [1.807, 2.05) is 4.90 Å². The fourth-order valence-electron chi connectivity index (χ4n) is 4.13. The number of hydrogen-bond donors (Lipinski definition) is 1. The van der Waals surface area contributed by atoms with E-state index in [1.54, 1.807) is 23.1 Å². The SMILES string of the molecule is COc1cccc2c1nc(C(F)F)n2-c1nc(N2CCOCC2)nc(N2CC(NS(=O)(=O)N(C)C)C2)n1. The monoisotopic (exact) mass is 539 g/mol. The molecule has 5 rings (SSSR count). The van der Waals surface area contributed by atoms with Gasteiger partial charge in [-0.05, 0) is 12.1 Å². The van der Waals surface area contributed by atoms with Crippen LogP contribution in [-0.4, -0.2) is 104 Å². The number of alkyl halides is 2. The highest BCUT2D eigenvalue weighted by molar-refractivity contribution is 7.87. The van der Waals surface area contributed by atoms with Crippen LogP contribution in [0.15, 0.2) is 18.2 Å². The zero-order valence-electron chi connectivity index (χ0n) is 20.5. The van der Waals surface area contributed by atoms with Crippen LogP contribution < -0.4 is 19.3 Å². The number of nitrogens with one attached hydrogen (secondary N) is 1. The highest BCUT2D eigenvalue weighted by Crippen LogP contribution is 2.32. The second-order valence-electron chi connectivity index (χ2n) is 8.78. The van der Waals surface area contributed by atoms with Crippen LogP contribution in [0.3, 0.4) is 0 Å². The molecule has 0 saturated carbocycles. The molecular weight excluding hydrogens is 512 g/mol. The van der Waals surface area contributed by atoms with Crippen molar-refractivity contribution in [1.82, 2.24) is 33.5 Å². The smallest absolute Gasteiger partial charge is 0.296 e. The molecule has 16 heteroatoms. The third-order valence-electron chi connectivity index (χ3n) is 6.14. The highest BCUT2D eigenvalue weighted by atomic mass is 32.2. The first-order valence-electron chi connectivity index (χ1n) is 11.6. The van der Waals surface area contributed by atoms with Crippen molar-refractivity contribution in [3.63, 3.8) is 0 Å². The van der Waals surface area contributed by atoms with Crippen LogP contribution in [0.2, 0.25) is 0 Å². The van der Waals surface area contributed by atoms with Gasteiger partial charge in [0.2, 0.25) is 17.8 Å². The van der Waals surface area contributed by atoms with E-state index in [4.69, 9.17) is 9.47 Å². The number of nitrogens with zero attached hydrogens (tertiary/aromatic N) is 8. The molecule has 2 aromatic heterocycles. The van der Waals surface area contributed by atoms with Gasteiger partial charge in [-0.15, -0.1) is 0 Å². The number of hydrogen-bond acceptors (Lipinski definition) is 10. The van der Waals surface area contributed by atoms with Gasteiger partial charge in [0.05, 0.1) is 31.9 Å². The Hall–Kier alpha value is -3.21. The average Bonchev–Trinajstić information content (AvgIpc) is 3.26. The second kappa shape index (κ2) is 9.92. The summed E-state index contributed by atoms with van der Waals surface area (Å²) in [4.78, 5) is 21.4. The van der Waals surface area contributed by atoms with Crippen molar-refractivity contribution in [2.75, 3.05) is 70.4 Å². The number of morpholine rings is 1. The lowest BCUT2D eigenvalue weighted by Gasteiger charge is -2.40. The molecule has 2 fully saturated rings. The fraction of sp³-hybridized carbons (Fsp3) is 0.524. The summed E-state index contributed by atoms with van der Waals surface area (Å²) in [7, 11) is 0.720. The summed E-state index contributed by atoms with van der Waals surface area (Å²) >= 11 is 0. The Balaban J connectivity index is 1.56. The van der Waals surface area contributed by atoms with E-state index in [2.05, 4.69) is 24.7 Å². The van der Waals surface area contributed by atoms with Crippen LogP contribution >= 0.6 is 0 Å². The van der Waals surface area contributed by atoms with E-state index in [0.29, 0.717) is 56.6 Å². The molecule has 0 unspecified atom stereocenters. The number of anilines is 2. The molecule has 0 bridgehead atoms. The predicted molar refractivity (Wildman–Crippen MR) is 131 cm³/mol. The molecular formula is C21H27F2N9O4S. The normalized spacial score (nSPS) is 17.2. The van der Waals surface area contributed by atoms with Gasteiger partial charge in [0.1, 0.15) is 11.3 Å². The molecule has 0 amide bonds. The second-order valence-corrected chi connectivity index (χ2v) is 10.7. The third kappa shape index (κ3) is 4.88. The third-order valence-corrected chi connectivity index (χ3v) is 7.74. The molecule has 13 nitrogen and oxygen atoms in total. The zero-order valence-corrected chi connectivity index (χ0v) is 21.3. The Morgan fingerprint density at radius 3 is 2.32 bits per heavy atom. The minimum Gasteiger partial charge on any atom is -0.494 e. The van der Waals surface area contributed by atoms with E-state index in [-0.39, 0.29) is 23.5 Å². The summed E-state index contributed by atoms with van der Waals surface area (Å²) in [6.07, 6.45) is -2.90. The van der Waals surface area contributed by atoms with Gasteiger partial charge < -0.3 is 19.3 Å². The molecule has 200 valence electrons. The Kier molecular flexibility index (Phi) is 6.82. The molecule has 37 heavy (non-hydrogen) atoms. The zero-order chi connectivity index (χ0) is 26.3. The van der Waals surface area contributed by atoms with E-state index >= 15 is 0 Å². The van der Waals surface area contributed by atoms with Gasteiger partial charge in [-0.25, -0.2) is 13.8 Å². The summed E-state index contributed by atoms with van der Waals surface area (Å²) in [5, 5.41) is 0. The molecule has 2 aliphatic rings. The average molecular weight is 540 g/mol. The van der Waals surface area contributed by atoms with Crippen molar-refractivity contribution in [3.05, 3.63) is 24.0 Å². The van der Waals surface area contributed by atoms with Crippen LogP contribution in [-0.2, 0) is 14.9 Å². The van der Waals surface area contributed by atoms with E-state index in [0.717, 1.165) is 4.31 Å². The number of ether oxygens (including phenoxy) is 2. The molecule has 4 heterocycles. The summed E-state index contributed by atoms with van der Waals surface area (Å²) < 4.78 is 68.3. The number of halogens is 2. The van der Waals surface area contributed by atoms with Crippen molar-refractivity contribution in [1.29, 1.82) is 0 Å². The Bertz CT molecular complexity index is 1390. The topological polar surface area (TPSA) is 131 Å². The molecule has 0 atom stereocenters.